The predicted octanol–water partition coefficient (Wildman–Crippen LogP) is 3.96. The molecule has 0 spiro atoms. The van der Waals surface area contributed by atoms with E-state index >= 15 is 0 Å². The number of carbonyl (C=O) groups excluding carboxylic acids is 1. The van der Waals surface area contributed by atoms with Gasteiger partial charge in [0.2, 0.25) is 15.9 Å². The number of benzene rings is 2. The van der Waals surface area contributed by atoms with Gasteiger partial charge in [-0.05, 0) is 68.3 Å². The molecule has 1 fully saturated rings. The number of nitrogens with two attached hydrogens (primary N) is 1. The van der Waals surface area contributed by atoms with Crippen LogP contribution in [0.2, 0.25) is 0 Å². The second-order valence-corrected chi connectivity index (χ2v) is 12.4. The maximum atomic E-state index is 13.2. The minimum absolute atomic E-state index is 0.000462. The second-order valence-electron chi connectivity index (χ2n) is 10.5. The molecule has 2 N–H and O–H groups in total. The summed E-state index contributed by atoms with van der Waals surface area (Å²) in [4.78, 5) is 22.1. The Morgan fingerprint density at radius 2 is 1.74 bits per heavy atom. The molecule has 0 radical (unpaired) electrons. The molecular formula is C29H39N5O3S. The number of hydrogen-bond acceptors (Lipinski definition) is 6. The molecule has 2 heterocycles. The lowest BCUT2D eigenvalue weighted by Gasteiger charge is -2.39. The summed E-state index contributed by atoms with van der Waals surface area (Å²) < 4.78 is 28.0. The number of nitrogens with zero attached hydrogens (tertiary/aromatic N) is 4. The predicted molar refractivity (Wildman–Crippen MR) is 154 cm³/mol. The summed E-state index contributed by atoms with van der Waals surface area (Å²) in [6.45, 7) is 7.50. The van der Waals surface area contributed by atoms with Crippen molar-refractivity contribution < 1.29 is 13.2 Å². The molecule has 2 aromatic carbocycles. The van der Waals surface area contributed by atoms with E-state index in [1.165, 1.54) is 0 Å². The van der Waals surface area contributed by atoms with Crippen molar-refractivity contribution >= 4 is 33.5 Å². The van der Waals surface area contributed by atoms with E-state index in [9.17, 15) is 13.2 Å². The number of carbonyl (C=O) groups is 1. The van der Waals surface area contributed by atoms with Gasteiger partial charge in [-0.2, -0.15) is 4.31 Å². The standard InChI is InChI=1S/C29H39N5O3S/c1-5-12-33(13-6-2)29(35)25-14-24-11-10-23(16-27(24)31-28(30)17-25)22-8-7-9-26(15-22)38(36,37)34-19-21(20-34)18-32(3)4/h7-11,14-16,21H,5-6,12-13,17-20H2,1-4H3,(H2,30,31). The van der Waals surface area contributed by atoms with Crippen molar-refractivity contribution in [1.29, 1.82) is 0 Å². The van der Waals surface area contributed by atoms with Crippen molar-refractivity contribution in [2.45, 2.75) is 38.0 Å². The third kappa shape index (κ3) is 6.17. The third-order valence-corrected chi connectivity index (χ3v) is 8.72. The van der Waals surface area contributed by atoms with Crippen LogP contribution in [0.1, 0.15) is 38.7 Å². The lowest BCUT2D eigenvalue weighted by atomic mass is 10.0. The number of hydrogen-bond donors (Lipinski definition) is 1. The molecule has 0 saturated carbocycles. The van der Waals surface area contributed by atoms with Crippen molar-refractivity contribution in [3.8, 4) is 11.1 Å². The lowest BCUT2D eigenvalue weighted by Crippen LogP contribution is -2.52. The molecule has 1 saturated heterocycles. The van der Waals surface area contributed by atoms with E-state index in [1.54, 1.807) is 22.5 Å². The normalized spacial score (nSPS) is 16.3. The summed E-state index contributed by atoms with van der Waals surface area (Å²) in [5, 5.41) is 0. The molecule has 2 aromatic rings. The van der Waals surface area contributed by atoms with Crippen LogP contribution < -0.4 is 5.73 Å². The fourth-order valence-corrected chi connectivity index (χ4v) is 6.74. The van der Waals surface area contributed by atoms with Gasteiger partial charge in [0.1, 0.15) is 5.84 Å². The first kappa shape index (κ1) is 28.0. The van der Waals surface area contributed by atoms with Gasteiger partial charge in [-0.25, -0.2) is 13.4 Å². The highest BCUT2D eigenvalue weighted by Gasteiger charge is 2.36. The van der Waals surface area contributed by atoms with Crippen LogP contribution in [-0.2, 0) is 14.8 Å². The van der Waals surface area contributed by atoms with Crippen molar-refractivity contribution in [1.82, 2.24) is 14.1 Å². The SMILES string of the molecule is CCCN(CCC)C(=O)C1=Cc2ccc(-c3cccc(S(=O)(=O)N4CC(CN(C)C)C4)c3)cc2N=C(N)C1. The molecule has 0 bridgehead atoms. The zero-order chi connectivity index (χ0) is 27.4. The van der Waals surface area contributed by atoms with Crippen molar-refractivity contribution in [2.24, 2.45) is 16.6 Å². The molecule has 4 rings (SSSR count). The summed E-state index contributed by atoms with van der Waals surface area (Å²) in [5.41, 5.74) is 9.99. The van der Waals surface area contributed by atoms with Crippen LogP contribution in [-0.4, -0.2) is 81.1 Å². The van der Waals surface area contributed by atoms with Crippen molar-refractivity contribution in [2.75, 3.05) is 46.8 Å². The van der Waals surface area contributed by atoms with Crippen molar-refractivity contribution in [3.05, 3.63) is 53.6 Å². The van der Waals surface area contributed by atoms with Gasteiger partial charge >= 0.3 is 0 Å². The molecule has 38 heavy (non-hydrogen) atoms. The number of fused-ring (bicyclic) bond motifs is 1. The van der Waals surface area contributed by atoms with E-state index < -0.39 is 10.0 Å². The molecule has 9 heteroatoms. The Hall–Kier alpha value is -3.01. The first-order chi connectivity index (χ1) is 18.1. The van der Waals surface area contributed by atoms with Crippen LogP contribution >= 0.6 is 0 Å². The molecule has 0 aliphatic carbocycles. The maximum Gasteiger partial charge on any atom is 0.250 e. The Morgan fingerprint density at radius 3 is 2.39 bits per heavy atom. The molecule has 0 unspecified atom stereocenters. The average Bonchev–Trinajstić information content (AvgIpc) is 3.02. The number of aliphatic imine (C=N–C) groups is 1. The van der Waals surface area contributed by atoms with Gasteiger partial charge in [0.15, 0.2) is 0 Å². The molecule has 0 atom stereocenters. The minimum Gasteiger partial charge on any atom is -0.387 e. The van der Waals surface area contributed by atoms with Crippen molar-refractivity contribution in [3.63, 3.8) is 0 Å². The zero-order valence-corrected chi connectivity index (χ0v) is 23.7. The maximum absolute atomic E-state index is 13.2. The first-order valence-corrected chi connectivity index (χ1v) is 14.8. The van der Waals surface area contributed by atoms with Gasteiger partial charge in [-0.3, -0.25) is 4.79 Å². The second kappa shape index (κ2) is 11.8. The summed E-state index contributed by atoms with van der Waals surface area (Å²) in [6.07, 6.45) is 3.97. The number of amidine groups is 1. The van der Waals surface area contributed by atoms with E-state index in [1.807, 2.05) is 49.3 Å². The highest BCUT2D eigenvalue weighted by atomic mass is 32.2. The van der Waals surface area contributed by atoms with Gasteiger partial charge in [-0.15, -0.1) is 0 Å². The highest BCUT2D eigenvalue weighted by molar-refractivity contribution is 7.89. The fraction of sp³-hybridized carbons (Fsp3) is 0.448. The van der Waals surface area contributed by atoms with Gasteiger partial charge < -0.3 is 15.5 Å². The monoisotopic (exact) mass is 537 g/mol. The van der Waals surface area contributed by atoms with Gasteiger partial charge in [0.25, 0.3) is 0 Å². The third-order valence-electron chi connectivity index (χ3n) is 6.90. The van der Waals surface area contributed by atoms with E-state index in [-0.39, 0.29) is 10.8 Å². The summed E-state index contributed by atoms with van der Waals surface area (Å²) in [6, 6.07) is 12.8. The van der Waals surface area contributed by atoms with E-state index in [4.69, 9.17) is 5.73 Å². The first-order valence-electron chi connectivity index (χ1n) is 13.3. The quantitative estimate of drug-likeness (QED) is 0.495. The number of rotatable bonds is 10. The van der Waals surface area contributed by atoms with Crippen LogP contribution in [0.15, 0.2) is 57.9 Å². The van der Waals surface area contributed by atoms with Crippen LogP contribution in [0.4, 0.5) is 5.69 Å². The van der Waals surface area contributed by atoms with Crippen LogP contribution in [0.25, 0.3) is 17.2 Å². The number of amides is 1. The Morgan fingerprint density at radius 1 is 1.05 bits per heavy atom. The Balaban J connectivity index is 1.59. The van der Waals surface area contributed by atoms with Gasteiger partial charge in [-0.1, -0.05) is 38.1 Å². The molecule has 8 nitrogen and oxygen atoms in total. The smallest absolute Gasteiger partial charge is 0.250 e. The Bertz CT molecular complexity index is 1340. The molecule has 0 aromatic heterocycles. The zero-order valence-electron chi connectivity index (χ0n) is 22.9. The Kier molecular flexibility index (Phi) is 8.70. The van der Waals surface area contributed by atoms with Gasteiger partial charge in [0, 0.05) is 50.3 Å². The van der Waals surface area contributed by atoms with Gasteiger partial charge in [0.05, 0.1) is 10.6 Å². The van der Waals surface area contributed by atoms with Crippen LogP contribution in [0, 0.1) is 5.92 Å². The average molecular weight is 538 g/mol. The van der Waals surface area contributed by atoms with E-state index in [0.717, 1.165) is 36.1 Å². The number of sulfonamides is 1. The largest absolute Gasteiger partial charge is 0.387 e. The Labute approximate surface area is 226 Å². The van der Waals surface area contributed by atoms with E-state index in [2.05, 4.69) is 23.7 Å². The summed E-state index contributed by atoms with van der Waals surface area (Å²) >= 11 is 0. The minimum atomic E-state index is -3.55. The van der Waals surface area contributed by atoms with E-state index in [0.29, 0.717) is 55.6 Å². The summed E-state index contributed by atoms with van der Waals surface area (Å²) in [5.74, 6) is 0.743. The van der Waals surface area contributed by atoms with Crippen LogP contribution in [0.3, 0.4) is 0 Å². The molecule has 1 amide bonds. The fourth-order valence-electron chi connectivity index (χ4n) is 5.10. The molecular weight excluding hydrogens is 498 g/mol. The lowest BCUT2D eigenvalue weighted by molar-refractivity contribution is -0.127. The van der Waals surface area contributed by atoms with Crippen LogP contribution in [0.5, 0.6) is 0 Å². The molecule has 2 aliphatic rings. The molecule has 204 valence electrons. The topological polar surface area (TPSA) is 99.3 Å². The molecule has 2 aliphatic heterocycles. The highest BCUT2D eigenvalue weighted by Crippen LogP contribution is 2.34. The summed E-state index contributed by atoms with van der Waals surface area (Å²) in [7, 11) is 0.449.